The zero-order valence-electron chi connectivity index (χ0n) is 14.7. The van der Waals surface area contributed by atoms with Crippen molar-refractivity contribution >= 4 is 17.3 Å². The Morgan fingerprint density at radius 1 is 1.12 bits per heavy atom. The van der Waals surface area contributed by atoms with Crippen molar-refractivity contribution in [3.05, 3.63) is 52.6 Å². The lowest BCUT2D eigenvalue weighted by Crippen LogP contribution is -2.32. The third-order valence-electron chi connectivity index (χ3n) is 3.65. The van der Waals surface area contributed by atoms with E-state index in [2.05, 4.69) is 5.32 Å². The maximum Gasteiger partial charge on any atom is 0.271 e. The summed E-state index contributed by atoms with van der Waals surface area (Å²) in [6.45, 7) is 1.80. The number of nitro groups is 1. The number of amides is 1. The molecule has 138 valence electrons. The minimum Gasteiger partial charge on any atom is -0.495 e. The highest BCUT2D eigenvalue weighted by Crippen LogP contribution is 2.30. The molecule has 0 spiro atoms. The highest BCUT2D eigenvalue weighted by atomic mass is 16.6. The average molecular weight is 360 g/mol. The Balaban J connectivity index is 2.21. The number of para-hydroxylation sites is 2. The predicted octanol–water partition coefficient (Wildman–Crippen LogP) is 3.41. The fourth-order valence-electron chi connectivity index (χ4n) is 2.31. The highest BCUT2D eigenvalue weighted by Gasteiger charge is 2.22. The largest absolute Gasteiger partial charge is 0.495 e. The molecule has 2 rings (SSSR count). The monoisotopic (exact) mass is 360 g/mol. The number of hydrogen-bond acceptors (Lipinski definition) is 6. The molecule has 2 aromatic carbocycles. The third kappa shape index (κ3) is 4.41. The topological polar surface area (TPSA) is 99.9 Å². The number of nitrogens with one attached hydrogen (secondary N) is 1. The summed E-state index contributed by atoms with van der Waals surface area (Å²) in [7, 11) is 2.93. The second-order valence-corrected chi connectivity index (χ2v) is 5.30. The summed E-state index contributed by atoms with van der Waals surface area (Å²) >= 11 is 0. The minimum atomic E-state index is -0.810. The van der Waals surface area contributed by atoms with Crippen LogP contribution in [0.3, 0.4) is 0 Å². The molecule has 8 heteroatoms. The lowest BCUT2D eigenvalue weighted by molar-refractivity contribution is -0.384. The molecule has 1 N–H and O–H groups in total. The van der Waals surface area contributed by atoms with Gasteiger partial charge in [-0.25, -0.2) is 0 Å². The van der Waals surface area contributed by atoms with Gasteiger partial charge in [-0.3, -0.25) is 14.9 Å². The number of anilines is 1. The molecule has 0 saturated carbocycles. The van der Waals surface area contributed by atoms with Crippen LogP contribution in [-0.2, 0) is 4.79 Å². The fourth-order valence-corrected chi connectivity index (χ4v) is 2.31. The van der Waals surface area contributed by atoms with Gasteiger partial charge in [0.05, 0.1) is 24.8 Å². The Hall–Kier alpha value is -3.29. The Labute approximate surface area is 150 Å². The molecule has 0 bridgehead atoms. The number of non-ortho nitro benzene ring substituents is 1. The van der Waals surface area contributed by atoms with Gasteiger partial charge in [-0.05, 0) is 24.6 Å². The van der Waals surface area contributed by atoms with E-state index >= 15 is 0 Å². The summed E-state index contributed by atoms with van der Waals surface area (Å²) in [6.07, 6.45) is -0.420. The van der Waals surface area contributed by atoms with Gasteiger partial charge in [0.2, 0.25) is 0 Å². The van der Waals surface area contributed by atoms with E-state index < -0.39 is 16.9 Å². The highest BCUT2D eigenvalue weighted by molar-refractivity contribution is 5.96. The summed E-state index contributed by atoms with van der Waals surface area (Å²) in [5.41, 5.74) is 0.0496. The van der Waals surface area contributed by atoms with Crippen molar-refractivity contribution in [2.45, 2.75) is 19.4 Å². The number of benzene rings is 2. The minimum absolute atomic E-state index is 0.153. The second-order valence-electron chi connectivity index (χ2n) is 5.30. The molecule has 1 atom stereocenters. The van der Waals surface area contributed by atoms with Crippen molar-refractivity contribution in [2.24, 2.45) is 0 Å². The van der Waals surface area contributed by atoms with Crippen molar-refractivity contribution in [1.29, 1.82) is 0 Å². The zero-order valence-corrected chi connectivity index (χ0v) is 14.7. The average Bonchev–Trinajstić information content (AvgIpc) is 2.66. The van der Waals surface area contributed by atoms with Crippen LogP contribution in [0.5, 0.6) is 17.2 Å². The molecule has 0 aliphatic rings. The first-order chi connectivity index (χ1) is 12.5. The van der Waals surface area contributed by atoms with Crippen molar-refractivity contribution in [3.8, 4) is 17.2 Å². The molecule has 26 heavy (non-hydrogen) atoms. The summed E-state index contributed by atoms with van der Waals surface area (Å²) in [5, 5.41) is 13.6. The normalized spacial score (nSPS) is 11.3. The molecular formula is C18H20N2O6. The number of methoxy groups -OCH3 is 2. The summed E-state index contributed by atoms with van der Waals surface area (Å²) in [4.78, 5) is 23.0. The second kappa shape index (κ2) is 8.70. The number of ether oxygens (including phenoxy) is 3. The standard InChI is InChI=1S/C18H20N2O6/c1-4-14(26-17-8-6-5-7-16(17)25-3)18(21)19-13-11-12(20(22)23)9-10-15(13)24-2/h5-11,14H,4H2,1-3H3,(H,19,21)/t14-/m1/s1. The Bertz CT molecular complexity index is 793. The van der Waals surface area contributed by atoms with Crippen LogP contribution >= 0.6 is 0 Å². The molecule has 0 aliphatic heterocycles. The van der Waals surface area contributed by atoms with Gasteiger partial charge in [0, 0.05) is 12.1 Å². The smallest absolute Gasteiger partial charge is 0.271 e. The molecule has 0 heterocycles. The summed E-state index contributed by atoms with van der Waals surface area (Å²) < 4.78 is 16.1. The van der Waals surface area contributed by atoms with Crippen molar-refractivity contribution in [3.63, 3.8) is 0 Å². The van der Waals surface area contributed by atoms with E-state index in [4.69, 9.17) is 14.2 Å². The van der Waals surface area contributed by atoms with E-state index in [0.717, 1.165) is 0 Å². The molecule has 1 amide bonds. The number of hydrogen-bond donors (Lipinski definition) is 1. The Morgan fingerprint density at radius 3 is 2.35 bits per heavy atom. The van der Waals surface area contributed by atoms with E-state index in [9.17, 15) is 14.9 Å². The van der Waals surface area contributed by atoms with Gasteiger partial charge >= 0.3 is 0 Å². The molecule has 0 radical (unpaired) electrons. The maximum atomic E-state index is 12.6. The van der Waals surface area contributed by atoms with E-state index in [0.29, 0.717) is 23.7 Å². The molecule has 2 aromatic rings. The summed E-state index contributed by atoms with van der Waals surface area (Å²) in [5.74, 6) is 0.808. The van der Waals surface area contributed by atoms with Crippen LogP contribution in [0.25, 0.3) is 0 Å². The van der Waals surface area contributed by atoms with Gasteiger partial charge in [-0.1, -0.05) is 19.1 Å². The van der Waals surface area contributed by atoms with Gasteiger partial charge in [0.25, 0.3) is 11.6 Å². The SMILES string of the molecule is CC[C@@H](Oc1ccccc1OC)C(=O)Nc1cc([N+](=O)[O-])ccc1OC. The Morgan fingerprint density at radius 2 is 1.77 bits per heavy atom. The fraction of sp³-hybridized carbons (Fsp3) is 0.278. The summed E-state index contributed by atoms with van der Waals surface area (Å²) in [6, 6.07) is 11.0. The Kier molecular flexibility index (Phi) is 6.37. The molecule has 0 aromatic heterocycles. The number of carbonyl (C=O) groups excluding carboxylic acids is 1. The number of carbonyl (C=O) groups is 1. The predicted molar refractivity (Wildman–Crippen MR) is 96.0 cm³/mol. The van der Waals surface area contributed by atoms with Gasteiger partial charge < -0.3 is 19.5 Å². The van der Waals surface area contributed by atoms with Gasteiger partial charge in [0.15, 0.2) is 17.6 Å². The van der Waals surface area contributed by atoms with Crippen LogP contribution in [0.2, 0.25) is 0 Å². The first-order valence-corrected chi connectivity index (χ1v) is 7.93. The molecule has 8 nitrogen and oxygen atoms in total. The van der Waals surface area contributed by atoms with E-state index in [1.54, 1.807) is 31.2 Å². The van der Waals surface area contributed by atoms with Crippen LogP contribution in [0.4, 0.5) is 11.4 Å². The van der Waals surface area contributed by atoms with E-state index in [-0.39, 0.29) is 11.4 Å². The number of nitrogens with zero attached hydrogens (tertiary/aromatic N) is 1. The lowest BCUT2D eigenvalue weighted by atomic mass is 10.2. The van der Waals surface area contributed by atoms with Crippen LogP contribution in [0.15, 0.2) is 42.5 Å². The van der Waals surface area contributed by atoms with Crippen molar-refractivity contribution in [2.75, 3.05) is 19.5 Å². The first-order valence-electron chi connectivity index (χ1n) is 7.93. The number of nitro benzene ring substituents is 1. The zero-order chi connectivity index (χ0) is 19.1. The quantitative estimate of drug-likeness (QED) is 0.572. The van der Waals surface area contributed by atoms with E-state index in [1.807, 2.05) is 0 Å². The van der Waals surface area contributed by atoms with E-state index in [1.165, 1.54) is 32.4 Å². The lowest BCUT2D eigenvalue weighted by Gasteiger charge is -2.19. The van der Waals surface area contributed by atoms with Crippen molar-refractivity contribution in [1.82, 2.24) is 0 Å². The molecule has 0 fully saturated rings. The molecule has 0 saturated heterocycles. The van der Waals surface area contributed by atoms with Gasteiger partial charge in [-0.2, -0.15) is 0 Å². The van der Waals surface area contributed by atoms with Crippen LogP contribution < -0.4 is 19.5 Å². The first kappa shape index (κ1) is 19.0. The molecular weight excluding hydrogens is 340 g/mol. The maximum absolute atomic E-state index is 12.6. The van der Waals surface area contributed by atoms with Gasteiger partial charge in [-0.15, -0.1) is 0 Å². The molecule has 0 aliphatic carbocycles. The van der Waals surface area contributed by atoms with Crippen molar-refractivity contribution < 1.29 is 23.9 Å². The van der Waals surface area contributed by atoms with Gasteiger partial charge in [0.1, 0.15) is 5.75 Å². The van der Waals surface area contributed by atoms with Crippen LogP contribution in [0.1, 0.15) is 13.3 Å². The van der Waals surface area contributed by atoms with Crippen LogP contribution in [-0.4, -0.2) is 31.2 Å². The number of rotatable bonds is 8. The third-order valence-corrected chi connectivity index (χ3v) is 3.65. The molecule has 0 unspecified atom stereocenters. The van der Waals surface area contributed by atoms with Crippen LogP contribution in [0, 0.1) is 10.1 Å².